The van der Waals surface area contributed by atoms with E-state index in [0.717, 1.165) is 6.29 Å². The Balaban J connectivity index is 2.59. The molecule has 6 heteroatoms. The van der Waals surface area contributed by atoms with Gasteiger partial charge in [0.1, 0.15) is 11.9 Å². The molecule has 0 bridgehead atoms. The van der Waals surface area contributed by atoms with Crippen LogP contribution in [-0.4, -0.2) is 49.0 Å². The van der Waals surface area contributed by atoms with Crippen molar-refractivity contribution in [1.29, 1.82) is 0 Å². The molecular formula is C14H23NO5. The van der Waals surface area contributed by atoms with E-state index in [9.17, 15) is 14.4 Å². The van der Waals surface area contributed by atoms with Crippen molar-refractivity contribution < 1.29 is 23.9 Å². The Bertz CT molecular complexity index is 378. The van der Waals surface area contributed by atoms with Gasteiger partial charge in [-0.2, -0.15) is 0 Å². The maximum absolute atomic E-state index is 11.9. The Morgan fingerprint density at radius 2 is 1.80 bits per heavy atom. The molecule has 1 saturated heterocycles. The van der Waals surface area contributed by atoms with E-state index in [1.54, 1.807) is 4.90 Å². The van der Waals surface area contributed by atoms with E-state index in [1.165, 1.54) is 7.11 Å². The molecule has 1 heterocycles. The third-order valence-electron chi connectivity index (χ3n) is 3.38. The smallest absolute Gasteiger partial charge is 0.410 e. The number of ether oxygens (including phenoxy) is 2. The molecule has 0 aliphatic carbocycles. The molecule has 0 radical (unpaired) electrons. The molecule has 0 aromatic rings. The molecule has 1 amide bonds. The molecule has 6 nitrogen and oxygen atoms in total. The van der Waals surface area contributed by atoms with Crippen LogP contribution in [0.2, 0.25) is 0 Å². The average Bonchev–Trinajstić information content (AvgIpc) is 2.37. The fourth-order valence-corrected chi connectivity index (χ4v) is 2.16. The summed E-state index contributed by atoms with van der Waals surface area (Å²) in [5.74, 6) is -0.400. The number of nitrogens with zero attached hydrogens (tertiary/aromatic N) is 1. The summed E-state index contributed by atoms with van der Waals surface area (Å²) >= 11 is 0. The summed E-state index contributed by atoms with van der Waals surface area (Å²) in [6.45, 7) is 6.24. The molecular weight excluding hydrogens is 262 g/mol. The molecule has 1 aliphatic rings. The van der Waals surface area contributed by atoms with Gasteiger partial charge >= 0.3 is 12.1 Å². The van der Waals surface area contributed by atoms with Gasteiger partial charge in [-0.3, -0.25) is 4.79 Å². The highest BCUT2D eigenvalue weighted by Crippen LogP contribution is 2.33. The SMILES string of the molecule is COC(=O)CC1(C=O)CCN(C(=O)OC(C)(C)C)CC1. The lowest BCUT2D eigenvalue weighted by Gasteiger charge is -2.38. The number of hydrogen-bond acceptors (Lipinski definition) is 5. The minimum absolute atomic E-state index is 0.0646. The molecule has 114 valence electrons. The van der Waals surface area contributed by atoms with Crippen molar-refractivity contribution in [1.82, 2.24) is 4.90 Å². The number of hydrogen-bond donors (Lipinski definition) is 0. The quantitative estimate of drug-likeness (QED) is 0.583. The number of piperidine rings is 1. The number of rotatable bonds is 3. The van der Waals surface area contributed by atoms with Gasteiger partial charge in [0.05, 0.1) is 13.5 Å². The highest BCUT2D eigenvalue weighted by Gasteiger charge is 2.38. The van der Waals surface area contributed by atoms with Crippen molar-refractivity contribution in [2.75, 3.05) is 20.2 Å². The molecule has 1 aliphatic heterocycles. The summed E-state index contributed by atoms with van der Waals surface area (Å²) in [6.07, 6.45) is 1.40. The van der Waals surface area contributed by atoms with Gasteiger partial charge in [-0.25, -0.2) is 4.79 Å². The fourth-order valence-electron chi connectivity index (χ4n) is 2.16. The highest BCUT2D eigenvalue weighted by molar-refractivity contribution is 5.76. The van der Waals surface area contributed by atoms with Crippen LogP contribution < -0.4 is 0 Å². The van der Waals surface area contributed by atoms with Crippen molar-refractivity contribution in [3.63, 3.8) is 0 Å². The summed E-state index contributed by atoms with van der Waals surface area (Å²) in [7, 11) is 1.30. The molecule has 0 saturated carbocycles. The van der Waals surface area contributed by atoms with Crippen LogP contribution in [0, 0.1) is 5.41 Å². The molecule has 20 heavy (non-hydrogen) atoms. The molecule has 0 atom stereocenters. The third-order valence-corrected chi connectivity index (χ3v) is 3.38. The van der Waals surface area contributed by atoms with Crippen LogP contribution in [0.3, 0.4) is 0 Å². The lowest BCUT2D eigenvalue weighted by molar-refractivity contribution is -0.146. The van der Waals surface area contributed by atoms with Gasteiger partial charge in [0.25, 0.3) is 0 Å². The summed E-state index contributed by atoms with van der Waals surface area (Å²) in [5, 5.41) is 0. The Morgan fingerprint density at radius 1 is 1.25 bits per heavy atom. The van der Waals surface area contributed by atoms with Crippen LogP contribution >= 0.6 is 0 Å². The van der Waals surface area contributed by atoms with Crippen molar-refractivity contribution in [3.8, 4) is 0 Å². The number of methoxy groups -OCH3 is 1. The second kappa shape index (κ2) is 6.24. The minimum atomic E-state index is -0.717. The van der Waals surface area contributed by atoms with Gasteiger partial charge in [0.2, 0.25) is 0 Å². The Kier molecular flexibility index (Phi) is 5.14. The fraction of sp³-hybridized carbons (Fsp3) is 0.786. The zero-order valence-electron chi connectivity index (χ0n) is 12.6. The number of esters is 1. The summed E-state index contributed by atoms with van der Waals surface area (Å²) in [5.41, 5.74) is -1.26. The number of amides is 1. The first-order valence-electron chi connectivity index (χ1n) is 6.72. The minimum Gasteiger partial charge on any atom is -0.469 e. The average molecular weight is 285 g/mol. The predicted octanol–water partition coefficient (Wildman–Crippen LogP) is 1.77. The first-order valence-corrected chi connectivity index (χ1v) is 6.72. The summed E-state index contributed by atoms with van der Waals surface area (Å²) in [6, 6.07) is 0. The van der Waals surface area contributed by atoms with Crippen LogP contribution in [0.5, 0.6) is 0 Å². The molecule has 1 fully saturated rings. The summed E-state index contributed by atoms with van der Waals surface area (Å²) in [4.78, 5) is 36.1. The molecule has 0 spiro atoms. The van der Waals surface area contributed by atoms with Crippen LogP contribution in [0.4, 0.5) is 4.79 Å². The van der Waals surface area contributed by atoms with Gasteiger partial charge in [0, 0.05) is 18.5 Å². The van der Waals surface area contributed by atoms with Gasteiger partial charge in [-0.05, 0) is 33.6 Å². The number of aldehydes is 1. The van der Waals surface area contributed by atoms with Crippen molar-refractivity contribution in [3.05, 3.63) is 0 Å². The Labute approximate surface area is 119 Å². The van der Waals surface area contributed by atoms with Crippen LogP contribution in [0.25, 0.3) is 0 Å². The number of carbonyl (C=O) groups is 3. The molecule has 0 unspecified atom stereocenters. The first-order chi connectivity index (χ1) is 9.21. The van der Waals surface area contributed by atoms with Crippen molar-refractivity contribution in [2.45, 2.75) is 45.6 Å². The molecule has 0 aromatic carbocycles. The van der Waals surface area contributed by atoms with E-state index in [0.29, 0.717) is 25.9 Å². The van der Waals surface area contributed by atoms with Crippen molar-refractivity contribution in [2.24, 2.45) is 5.41 Å². The van der Waals surface area contributed by atoms with Crippen LogP contribution in [-0.2, 0) is 19.1 Å². The topological polar surface area (TPSA) is 72.9 Å². The summed E-state index contributed by atoms with van der Waals surface area (Å²) < 4.78 is 9.91. The zero-order chi connectivity index (χ0) is 15.4. The lowest BCUT2D eigenvalue weighted by atomic mass is 9.77. The maximum atomic E-state index is 11.9. The van der Waals surface area contributed by atoms with Crippen LogP contribution in [0.1, 0.15) is 40.0 Å². The zero-order valence-corrected chi connectivity index (χ0v) is 12.6. The van der Waals surface area contributed by atoms with Gasteiger partial charge in [-0.1, -0.05) is 0 Å². The number of carbonyl (C=O) groups excluding carboxylic acids is 3. The van der Waals surface area contributed by atoms with Crippen LogP contribution in [0.15, 0.2) is 0 Å². The first kappa shape index (κ1) is 16.5. The molecule has 0 N–H and O–H groups in total. The predicted molar refractivity (Wildman–Crippen MR) is 72.2 cm³/mol. The second-order valence-corrected chi connectivity index (χ2v) is 6.20. The van der Waals surface area contributed by atoms with E-state index in [4.69, 9.17) is 4.74 Å². The largest absolute Gasteiger partial charge is 0.469 e. The Morgan fingerprint density at radius 3 is 2.20 bits per heavy atom. The van der Waals surface area contributed by atoms with E-state index in [1.807, 2.05) is 20.8 Å². The monoisotopic (exact) mass is 285 g/mol. The second-order valence-electron chi connectivity index (χ2n) is 6.20. The van der Waals surface area contributed by atoms with Gasteiger partial charge in [0.15, 0.2) is 0 Å². The highest BCUT2D eigenvalue weighted by atomic mass is 16.6. The van der Waals surface area contributed by atoms with E-state index in [2.05, 4.69) is 4.74 Å². The maximum Gasteiger partial charge on any atom is 0.410 e. The molecule has 0 aromatic heterocycles. The van der Waals surface area contributed by atoms with Gasteiger partial charge in [-0.15, -0.1) is 0 Å². The normalized spacial score (nSPS) is 18.3. The molecule has 1 rings (SSSR count). The van der Waals surface area contributed by atoms with Gasteiger partial charge < -0.3 is 19.2 Å². The van der Waals surface area contributed by atoms with E-state index in [-0.39, 0.29) is 12.5 Å². The lowest BCUT2D eigenvalue weighted by Crippen LogP contribution is -2.46. The van der Waals surface area contributed by atoms with E-state index < -0.39 is 17.0 Å². The standard InChI is InChI=1S/C14H23NO5/c1-13(2,3)20-12(18)15-7-5-14(10-16,6-8-15)9-11(17)19-4/h10H,5-9H2,1-4H3. The Hall–Kier alpha value is -1.59. The number of likely N-dealkylation sites (tertiary alicyclic amines) is 1. The third kappa shape index (κ3) is 4.51. The van der Waals surface area contributed by atoms with Crippen molar-refractivity contribution >= 4 is 18.3 Å². The van der Waals surface area contributed by atoms with E-state index >= 15 is 0 Å².